The Morgan fingerprint density at radius 3 is 2.56 bits per heavy atom. The van der Waals surface area contributed by atoms with Crippen LogP contribution in [0.15, 0.2) is 22.8 Å². The number of rotatable bonds is 2. The highest BCUT2D eigenvalue weighted by atomic mass is 14.9. The zero-order valence-electron chi connectivity index (χ0n) is 5.76. The maximum absolute atomic E-state index is 5.39. The molecule has 0 spiro atoms. The Morgan fingerprint density at radius 2 is 2.22 bits per heavy atom. The van der Waals surface area contributed by atoms with E-state index in [4.69, 9.17) is 5.73 Å². The topological polar surface area (TPSA) is 50.7 Å². The van der Waals surface area contributed by atoms with Crippen molar-refractivity contribution in [3.05, 3.63) is 12.8 Å². The molecule has 0 aliphatic carbocycles. The molecule has 0 aromatic rings. The summed E-state index contributed by atoms with van der Waals surface area (Å²) in [4.78, 5) is 7.54. The largest absolute Gasteiger partial charge is 0.382 e. The van der Waals surface area contributed by atoms with Gasteiger partial charge < -0.3 is 5.73 Å². The lowest BCUT2D eigenvalue weighted by atomic mass is 10.4. The van der Waals surface area contributed by atoms with E-state index in [1.807, 2.05) is 0 Å². The fraction of sp³-hybridized carbons (Fsp3) is 0.333. The van der Waals surface area contributed by atoms with Crippen LogP contribution in [0.4, 0.5) is 0 Å². The Hall–Kier alpha value is -1.12. The maximum Gasteiger partial charge on any atom is 0.144 e. The van der Waals surface area contributed by atoms with E-state index >= 15 is 0 Å². The number of hydrogen-bond donors (Lipinski definition) is 1. The fourth-order valence-electron chi connectivity index (χ4n) is 0.306. The highest BCUT2D eigenvalue weighted by molar-refractivity contribution is 6.40. The average Bonchev–Trinajstić information content (AvgIpc) is 1.87. The Kier molecular flexibility index (Phi) is 3.35. The minimum atomic E-state index is 0.424. The van der Waals surface area contributed by atoms with Crippen LogP contribution in [0.2, 0.25) is 0 Å². The molecule has 0 saturated carbocycles. The third-order valence-electron chi connectivity index (χ3n) is 0.936. The van der Waals surface area contributed by atoms with Crippen molar-refractivity contribution < 1.29 is 0 Å². The Morgan fingerprint density at radius 1 is 1.67 bits per heavy atom. The van der Waals surface area contributed by atoms with Crippen molar-refractivity contribution in [2.24, 2.45) is 15.7 Å². The summed E-state index contributed by atoms with van der Waals surface area (Å²) in [6, 6.07) is 0. The summed E-state index contributed by atoms with van der Waals surface area (Å²) < 4.78 is 0. The Labute approximate surface area is 55.0 Å². The molecule has 0 unspecified atom stereocenters. The summed E-state index contributed by atoms with van der Waals surface area (Å²) in [7, 11) is 1.67. The van der Waals surface area contributed by atoms with Crippen molar-refractivity contribution in [2.75, 3.05) is 7.05 Å². The third-order valence-corrected chi connectivity index (χ3v) is 0.936. The molecule has 0 radical (unpaired) electrons. The van der Waals surface area contributed by atoms with E-state index < -0.39 is 0 Å². The molecule has 0 atom stereocenters. The minimum absolute atomic E-state index is 0.424. The van der Waals surface area contributed by atoms with Gasteiger partial charge in [0.1, 0.15) is 5.84 Å². The van der Waals surface area contributed by atoms with Crippen molar-refractivity contribution in [2.45, 2.75) is 6.92 Å². The van der Waals surface area contributed by atoms with E-state index in [2.05, 4.69) is 16.6 Å². The van der Waals surface area contributed by atoms with E-state index in [0.717, 1.165) is 5.71 Å². The molecule has 0 rings (SSSR count). The second kappa shape index (κ2) is 3.83. The van der Waals surface area contributed by atoms with Gasteiger partial charge in [0, 0.05) is 13.2 Å². The minimum Gasteiger partial charge on any atom is -0.382 e. The van der Waals surface area contributed by atoms with Crippen LogP contribution < -0.4 is 5.73 Å². The molecule has 0 saturated heterocycles. The molecule has 50 valence electrons. The summed E-state index contributed by atoms with van der Waals surface area (Å²) in [5.41, 5.74) is 6.12. The monoisotopic (exact) mass is 125 g/mol. The van der Waals surface area contributed by atoms with Crippen LogP contribution in [0.3, 0.4) is 0 Å². The van der Waals surface area contributed by atoms with Crippen molar-refractivity contribution >= 4 is 11.5 Å². The number of nitrogens with zero attached hydrogens (tertiary/aromatic N) is 2. The number of hydrogen-bond acceptors (Lipinski definition) is 2. The van der Waals surface area contributed by atoms with Crippen LogP contribution in [0, 0.1) is 0 Å². The van der Waals surface area contributed by atoms with Gasteiger partial charge in [0.15, 0.2) is 0 Å². The highest BCUT2D eigenvalue weighted by Crippen LogP contribution is 1.76. The standard InChI is InChI=1S/C6H11N3/c1-4-9-6(7)5(2)8-3/h4H,1H2,2-3H3,(H2,7,9)/b8-5+. The van der Waals surface area contributed by atoms with Crippen LogP contribution in [0.5, 0.6) is 0 Å². The molecule has 0 amide bonds. The first-order chi connectivity index (χ1) is 4.22. The molecule has 0 aliphatic rings. The summed E-state index contributed by atoms with van der Waals surface area (Å²) >= 11 is 0. The van der Waals surface area contributed by atoms with Crippen molar-refractivity contribution in [1.29, 1.82) is 0 Å². The van der Waals surface area contributed by atoms with Crippen LogP contribution in [-0.4, -0.2) is 18.6 Å². The van der Waals surface area contributed by atoms with Gasteiger partial charge >= 0.3 is 0 Å². The molecule has 0 aromatic heterocycles. The van der Waals surface area contributed by atoms with Crippen LogP contribution in [0.25, 0.3) is 0 Å². The van der Waals surface area contributed by atoms with E-state index in [1.165, 1.54) is 6.20 Å². The average molecular weight is 125 g/mol. The van der Waals surface area contributed by atoms with Crippen molar-refractivity contribution in [1.82, 2.24) is 0 Å². The zero-order chi connectivity index (χ0) is 7.28. The zero-order valence-corrected chi connectivity index (χ0v) is 5.76. The fourth-order valence-corrected chi connectivity index (χ4v) is 0.306. The first-order valence-electron chi connectivity index (χ1n) is 2.60. The Balaban J connectivity index is 4.19. The van der Waals surface area contributed by atoms with Crippen molar-refractivity contribution in [3.63, 3.8) is 0 Å². The number of nitrogens with two attached hydrogens (primary N) is 1. The van der Waals surface area contributed by atoms with Crippen LogP contribution >= 0.6 is 0 Å². The maximum atomic E-state index is 5.39. The van der Waals surface area contributed by atoms with E-state index in [9.17, 15) is 0 Å². The van der Waals surface area contributed by atoms with Gasteiger partial charge in [-0.2, -0.15) is 0 Å². The molecular formula is C6H11N3. The van der Waals surface area contributed by atoms with E-state index in [0.29, 0.717) is 5.84 Å². The van der Waals surface area contributed by atoms with Gasteiger partial charge in [-0.1, -0.05) is 6.58 Å². The molecule has 2 N–H and O–H groups in total. The number of amidine groups is 1. The predicted molar refractivity (Wildman–Crippen MR) is 40.9 cm³/mol. The molecule has 0 heterocycles. The van der Waals surface area contributed by atoms with Gasteiger partial charge in [-0.25, -0.2) is 4.99 Å². The molecule has 0 aliphatic heterocycles. The molecule has 0 bridgehead atoms. The third kappa shape index (κ3) is 2.64. The van der Waals surface area contributed by atoms with Gasteiger partial charge in [-0.05, 0) is 6.92 Å². The second-order valence-electron chi connectivity index (χ2n) is 1.51. The first kappa shape index (κ1) is 7.88. The number of aliphatic imine (C=N–C) groups is 2. The van der Waals surface area contributed by atoms with Gasteiger partial charge in [0.2, 0.25) is 0 Å². The second-order valence-corrected chi connectivity index (χ2v) is 1.51. The molecule has 0 fully saturated rings. The predicted octanol–water partition coefficient (Wildman–Crippen LogP) is 0.578. The van der Waals surface area contributed by atoms with E-state index in [1.54, 1.807) is 14.0 Å². The Bertz CT molecular complexity index is 156. The summed E-state index contributed by atoms with van der Waals surface area (Å²) in [5, 5.41) is 0. The summed E-state index contributed by atoms with van der Waals surface area (Å²) in [5.74, 6) is 0.424. The highest BCUT2D eigenvalue weighted by Gasteiger charge is 1.91. The molecule has 3 heteroatoms. The van der Waals surface area contributed by atoms with E-state index in [-0.39, 0.29) is 0 Å². The first-order valence-corrected chi connectivity index (χ1v) is 2.60. The summed E-state index contributed by atoms with van der Waals surface area (Å²) in [6.07, 6.45) is 1.39. The van der Waals surface area contributed by atoms with Gasteiger partial charge in [0.25, 0.3) is 0 Å². The quantitative estimate of drug-likeness (QED) is 0.426. The lowest BCUT2D eigenvalue weighted by Crippen LogP contribution is -2.20. The molecule has 0 aromatic carbocycles. The van der Waals surface area contributed by atoms with Gasteiger partial charge in [-0.15, -0.1) is 0 Å². The molecule has 9 heavy (non-hydrogen) atoms. The lowest BCUT2D eigenvalue weighted by Gasteiger charge is -1.93. The SMILES string of the molecule is C=C/N=C(N)\C(C)=N\C. The van der Waals surface area contributed by atoms with Crippen LogP contribution in [-0.2, 0) is 0 Å². The molecular weight excluding hydrogens is 114 g/mol. The smallest absolute Gasteiger partial charge is 0.144 e. The molecule has 3 nitrogen and oxygen atoms in total. The summed E-state index contributed by atoms with van der Waals surface area (Å²) in [6.45, 7) is 5.19. The van der Waals surface area contributed by atoms with Crippen molar-refractivity contribution in [3.8, 4) is 0 Å². The lowest BCUT2D eigenvalue weighted by molar-refractivity contribution is 1.42. The van der Waals surface area contributed by atoms with Gasteiger partial charge in [0.05, 0.1) is 5.71 Å². The normalized spacial score (nSPS) is 13.6. The van der Waals surface area contributed by atoms with Crippen LogP contribution in [0.1, 0.15) is 6.92 Å². The van der Waals surface area contributed by atoms with Gasteiger partial charge in [-0.3, -0.25) is 4.99 Å².